The van der Waals surface area contributed by atoms with Gasteiger partial charge < -0.3 is 15.6 Å². The lowest BCUT2D eigenvalue weighted by Gasteiger charge is -2.09. The van der Waals surface area contributed by atoms with Crippen LogP contribution in [0.5, 0.6) is 0 Å². The van der Waals surface area contributed by atoms with E-state index in [1.54, 1.807) is 0 Å². The SMILES string of the molecule is Cc1cc2cc(CNC(=O)NCC(C)C)ccc2[nH]1. The fourth-order valence-electron chi connectivity index (χ4n) is 1.98. The van der Waals surface area contributed by atoms with Crippen LogP contribution in [0, 0.1) is 12.8 Å². The molecule has 102 valence electrons. The topological polar surface area (TPSA) is 56.9 Å². The predicted octanol–water partition coefficient (Wildman–Crippen LogP) is 2.93. The zero-order chi connectivity index (χ0) is 13.8. The second-order valence-electron chi connectivity index (χ2n) is 5.33. The number of hydrogen-bond donors (Lipinski definition) is 3. The van der Waals surface area contributed by atoms with Crippen molar-refractivity contribution in [1.29, 1.82) is 0 Å². The Morgan fingerprint density at radius 3 is 2.79 bits per heavy atom. The number of urea groups is 1. The van der Waals surface area contributed by atoms with Crippen LogP contribution in [0.2, 0.25) is 0 Å². The first kappa shape index (κ1) is 13.5. The van der Waals surface area contributed by atoms with Crippen molar-refractivity contribution in [1.82, 2.24) is 15.6 Å². The number of aryl methyl sites for hydroxylation is 1. The number of carbonyl (C=O) groups excluding carboxylic acids is 1. The van der Waals surface area contributed by atoms with Crippen molar-refractivity contribution < 1.29 is 4.79 Å². The molecule has 3 N–H and O–H groups in total. The Hall–Kier alpha value is -1.97. The lowest BCUT2D eigenvalue weighted by atomic mass is 10.1. The molecule has 2 amide bonds. The first-order valence-corrected chi connectivity index (χ1v) is 6.64. The van der Waals surface area contributed by atoms with Crippen molar-refractivity contribution in [3.8, 4) is 0 Å². The number of carbonyl (C=O) groups is 1. The normalized spacial score (nSPS) is 10.9. The maximum absolute atomic E-state index is 11.6. The van der Waals surface area contributed by atoms with Gasteiger partial charge in [-0.15, -0.1) is 0 Å². The van der Waals surface area contributed by atoms with E-state index < -0.39 is 0 Å². The molecule has 0 atom stereocenters. The van der Waals surface area contributed by atoms with E-state index in [-0.39, 0.29) is 6.03 Å². The molecule has 0 aliphatic carbocycles. The Bertz CT molecular complexity index is 572. The highest BCUT2D eigenvalue weighted by Gasteiger charge is 2.03. The van der Waals surface area contributed by atoms with E-state index in [0.29, 0.717) is 19.0 Å². The number of benzene rings is 1. The molecule has 0 fully saturated rings. The second-order valence-corrected chi connectivity index (χ2v) is 5.33. The Morgan fingerprint density at radius 1 is 1.26 bits per heavy atom. The molecular formula is C15H21N3O. The molecule has 0 aliphatic rings. The minimum Gasteiger partial charge on any atom is -0.359 e. The van der Waals surface area contributed by atoms with E-state index in [2.05, 4.69) is 41.6 Å². The first-order valence-electron chi connectivity index (χ1n) is 6.64. The van der Waals surface area contributed by atoms with Crippen LogP contribution in [-0.2, 0) is 6.54 Å². The minimum atomic E-state index is -0.112. The molecule has 1 heterocycles. The Balaban J connectivity index is 1.92. The number of hydrogen-bond acceptors (Lipinski definition) is 1. The van der Waals surface area contributed by atoms with Gasteiger partial charge in [0.2, 0.25) is 0 Å². The lowest BCUT2D eigenvalue weighted by molar-refractivity contribution is 0.239. The Kier molecular flexibility index (Phi) is 4.10. The molecular weight excluding hydrogens is 238 g/mol. The summed E-state index contributed by atoms with van der Waals surface area (Å²) in [6.45, 7) is 7.42. The standard InChI is InChI=1S/C15H21N3O/c1-10(2)8-16-15(19)17-9-12-4-5-14-13(7-12)6-11(3)18-14/h4-7,10,18H,8-9H2,1-3H3,(H2,16,17,19). The second kappa shape index (κ2) is 5.78. The van der Waals surface area contributed by atoms with E-state index >= 15 is 0 Å². The van der Waals surface area contributed by atoms with Crippen molar-refractivity contribution in [3.63, 3.8) is 0 Å². The summed E-state index contributed by atoms with van der Waals surface area (Å²) >= 11 is 0. The van der Waals surface area contributed by atoms with Gasteiger partial charge in [-0.2, -0.15) is 0 Å². The highest BCUT2D eigenvalue weighted by atomic mass is 16.2. The zero-order valence-electron chi connectivity index (χ0n) is 11.7. The van der Waals surface area contributed by atoms with E-state index in [1.807, 2.05) is 19.1 Å². The molecule has 1 aromatic carbocycles. The zero-order valence-corrected chi connectivity index (χ0v) is 11.7. The smallest absolute Gasteiger partial charge is 0.315 e. The third-order valence-corrected chi connectivity index (χ3v) is 2.94. The van der Waals surface area contributed by atoms with Crippen molar-refractivity contribution in [2.75, 3.05) is 6.54 Å². The number of rotatable bonds is 4. The van der Waals surface area contributed by atoms with Crippen molar-refractivity contribution in [2.45, 2.75) is 27.3 Å². The highest BCUT2D eigenvalue weighted by molar-refractivity contribution is 5.81. The van der Waals surface area contributed by atoms with Crippen LogP contribution in [0.4, 0.5) is 4.79 Å². The number of fused-ring (bicyclic) bond motifs is 1. The maximum atomic E-state index is 11.6. The molecule has 4 nitrogen and oxygen atoms in total. The van der Waals surface area contributed by atoms with Crippen LogP contribution < -0.4 is 10.6 Å². The van der Waals surface area contributed by atoms with Gasteiger partial charge in [0.15, 0.2) is 0 Å². The third kappa shape index (κ3) is 3.74. The van der Waals surface area contributed by atoms with Gasteiger partial charge in [0.1, 0.15) is 0 Å². The van der Waals surface area contributed by atoms with Gasteiger partial charge in [-0.1, -0.05) is 19.9 Å². The average molecular weight is 259 g/mol. The molecule has 0 bridgehead atoms. The van der Waals surface area contributed by atoms with Gasteiger partial charge >= 0.3 is 6.03 Å². The Labute approximate surface area is 113 Å². The summed E-state index contributed by atoms with van der Waals surface area (Å²) < 4.78 is 0. The fourth-order valence-corrected chi connectivity index (χ4v) is 1.98. The number of aromatic amines is 1. The van der Waals surface area contributed by atoms with Crippen molar-refractivity contribution >= 4 is 16.9 Å². The summed E-state index contributed by atoms with van der Waals surface area (Å²) in [4.78, 5) is 14.8. The molecule has 4 heteroatoms. The molecule has 1 aromatic heterocycles. The molecule has 0 saturated heterocycles. The maximum Gasteiger partial charge on any atom is 0.315 e. The van der Waals surface area contributed by atoms with Crippen LogP contribution in [0.25, 0.3) is 10.9 Å². The summed E-state index contributed by atoms with van der Waals surface area (Å²) in [5.41, 5.74) is 3.38. The lowest BCUT2D eigenvalue weighted by Crippen LogP contribution is -2.36. The highest BCUT2D eigenvalue weighted by Crippen LogP contribution is 2.16. The van der Waals surface area contributed by atoms with Crippen molar-refractivity contribution in [2.24, 2.45) is 5.92 Å². The summed E-state index contributed by atoms with van der Waals surface area (Å²) in [5, 5.41) is 6.88. The van der Waals surface area contributed by atoms with Gasteiger partial charge in [-0.25, -0.2) is 4.79 Å². The fraction of sp³-hybridized carbons (Fsp3) is 0.400. The van der Waals surface area contributed by atoms with Gasteiger partial charge in [0.25, 0.3) is 0 Å². The monoisotopic (exact) mass is 259 g/mol. The molecule has 2 rings (SSSR count). The minimum absolute atomic E-state index is 0.112. The van der Waals surface area contributed by atoms with Crippen LogP contribution >= 0.6 is 0 Å². The van der Waals surface area contributed by atoms with E-state index in [0.717, 1.165) is 16.8 Å². The van der Waals surface area contributed by atoms with Crippen LogP contribution in [-0.4, -0.2) is 17.6 Å². The predicted molar refractivity (Wildman–Crippen MR) is 78.1 cm³/mol. The van der Waals surface area contributed by atoms with Crippen LogP contribution in [0.1, 0.15) is 25.1 Å². The number of amides is 2. The van der Waals surface area contributed by atoms with Crippen LogP contribution in [0.15, 0.2) is 24.3 Å². The number of H-pyrrole nitrogens is 1. The number of nitrogens with one attached hydrogen (secondary N) is 3. The summed E-state index contributed by atoms with van der Waals surface area (Å²) in [6.07, 6.45) is 0. The molecule has 19 heavy (non-hydrogen) atoms. The van der Waals surface area contributed by atoms with E-state index in [9.17, 15) is 4.79 Å². The van der Waals surface area contributed by atoms with Gasteiger partial charge in [-0.3, -0.25) is 0 Å². The van der Waals surface area contributed by atoms with Gasteiger partial charge in [0.05, 0.1) is 0 Å². The molecule has 0 saturated carbocycles. The van der Waals surface area contributed by atoms with E-state index in [1.165, 1.54) is 5.39 Å². The summed E-state index contributed by atoms with van der Waals surface area (Å²) in [6, 6.07) is 8.17. The van der Waals surface area contributed by atoms with Crippen molar-refractivity contribution in [3.05, 3.63) is 35.5 Å². The molecule has 0 spiro atoms. The molecule has 0 aliphatic heterocycles. The largest absolute Gasteiger partial charge is 0.359 e. The third-order valence-electron chi connectivity index (χ3n) is 2.94. The van der Waals surface area contributed by atoms with Gasteiger partial charge in [0, 0.05) is 24.3 Å². The van der Waals surface area contributed by atoms with Gasteiger partial charge in [-0.05, 0) is 42.0 Å². The van der Waals surface area contributed by atoms with E-state index in [4.69, 9.17) is 0 Å². The Morgan fingerprint density at radius 2 is 2.05 bits per heavy atom. The first-order chi connectivity index (χ1) is 9.04. The molecule has 0 unspecified atom stereocenters. The quantitative estimate of drug-likeness (QED) is 0.777. The number of aromatic nitrogens is 1. The molecule has 0 radical (unpaired) electrons. The average Bonchev–Trinajstić information content (AvgIpc) is 2.73. The summed E-state index contributed by atoms with van der Waals surface area (Å²) in [7, 11) is 0. The molecule has 2 aromatic rings. The summed E-state index contributed by atoms with van der Waals surface area (Å²) in [5.74, 6) is 0.463. The van der Waals surface area contributed by atoms with Crippen LogP contribution in [0.3, 0.4) is 0 Å².